The molecule has 1 saturated heterocycles. The number of piperazine rings is 1. The second-order valence-electron chi connectivity index (χ2n) is 6.70. The molecule has 1 amide bonds. The van der Waals surface area contributed by atoms with E-state index in [0.717, 1.165) is 11.3 Å². The van der Waals surface area contributed by atoms with Crippen molar-refractivity contribution in [2.75, 3.05) is 31.1 Å². The summed E-state index contributed by atoms with van der Waals surface area (Å²) in [5, 5.41) is 9.56. The molecule has 1 aromatic carbocycles. The fourth-order valence-corrected chi connectivity index (χ4v) is 3.10. The van der Waals surface area contributed by atoms with Crippen molar-refractivity contribution in [1.82, 2.24) is 4.90 Å². The van der Waals surface area contributed by atoms with Crippen LogP contribution in [-0.2, 0) is 10.2 Å². The molecule has 6 heteroatoms. The van der Waals surface area contributed by atoms with Gasteiger partial charge in [0.25, 0.3) is 5.91 Å². The Labute approximate surface area is 146 Å². The molecule has 0 atom stereocenters. The molecule has 1 aliphatic heterocycles. The maximum Gasteiger partial charge on any atom is 0.313 e. The van der Waals surface area contributed by atoms with Crippen LogP contribution >= 0.6 is 0 Å². The van der Waals surface area contributed by atoms with Gasteiger partial charge in [0.15, 0.2) is 5.76 Å². The van der Waals surface area contributed by atoms with Gasteiger partial charge in [-0.2, -0.15) is 0 Å². The first-order valence-electron chi connectivity index (χ1n) is 8.32. The molecule has 0 spiro atoms. The maximum atomic E-state index is 12.4. The van der Waals surface area contributed by atoms with Crippen molar-refractivity contribution < 1.29 is 19.1 Å². The molecular formula is C19H22N2O4. The van der Waals surface area contributed by atoms with Gasteiger partial charge >= 0.3 is 5.97 Å². The highest BCUT2D eigenvalue weighted by molar-refractivity contribution is 5.91. The summed E-state index contributed by atoms with van der Waals surface area (Å²) in [7, 11) is 0. The van der Waals surface area contributed by atoms with E-state index in [1.165, 1.54) is 6.26 Å². The summed E-state index contributed by atoms with van der Waals surface area (Å²) in [6.45, 7) is 5.87. The molecular weight excluding hydrogens is 320 g/mol. The van der Waals surface area contributed by atoms with Crippen LogP contribution in [0.2, 0.25) is 0 Å². The fraction of sp³-hybridized carbons (Fsp3) is 0.368. The number of carboxylic acid groups (broad SMARTS) is 1. The Balaban J connectivity index is 1.76. The molecule has 3 rings (SSSR count). The van der Waals surface area contributed by atoms with E-state index in [1.54, 1.807) is 30.9 Å². The Kier molecular flexibility index (Phi) is 4.53. The van der Waals surface area contributed by atoms with Crippen molar-refractivity contribution in [1.29, 1.82) is 0 Å². The first-order chi connectivity index (χ1) is 11.9. The van der Waals surface area contributed by atoms with Crippen LogP contribution in [-0.4, -0.2) is 48.1 Å². The zero-order chi connectivity index (χ0) is 18.0. The summed E-state index contributed by atoms with van der Waals surface area (Å²) in [6.07, 6.45) is 1.49. The summed E-state index contributed by atoms with van der Waals surface area (Å²) in [5.74, 6) is -0.615. The van der Waals surface area contributed by atoms with Gasteiger partial charge < -0.3 is 19.3 Å². The lowest BCUT2D eigenvalue weighted by Gasteiger charge is -2.38. The highest BCUT2D eigenvalue weighted by atomic mass is 16.4. The van der Waals surface area contributed by atoms with Gasteiger partial charge in [-0.3, -0.25) is 9.59 Å². The van der Waals surface area contributed by atoms with Crippen molar-refractivity contribution in [2.45, 2.75) is 19.3 Å². The zero-order valence-electron chi connectivity index (χ0n) is 14.4. The molecule has 1 aromatic heterocycles. The first-order valence-corrected chi connectivity index (χ1v) is 8.32. The molecule has 0 aliphatic carbocycles. The number of hydrogen-bond donors (Lipinski definition) is 1. The van der Waals surface area contributed by atoms with Gasteiger partial charge in [0.05, 0.1) is 11.7 Å². The Morgan fingerprint density at radius 1 is 1.04 bits per heavy atom. The number of furan rings is 1. The Morgan fingerprint density at radius 2 is 1.72 bits per heavy atom. The molecule has 1 N–H and O–H groups in total. The second kappa shape index (κ2) is 6.63. The smallest absolute Gasteiger partial charge is 0.313 e. The molecule has 2 heterocycles. The zero-order valence-corrected chi connectivity index (χ0v) is 14.4. The van der Waals surface area contributed by atoms with Gasteiger partial charge in [-0.05, 0) is 37.6 Å². The van der Waals surface area contributed by atoms with Gasteiger partial charge in [-0.15, -0.1) is 0 Å². The summed E-state index contributed by atoms with van der Waals surface area (Å²) < 4.78 is 5.18. The molecule has 2 aromatic rings. The minimum atomic E-state index is -0.974. The topological polar surface area (TPSA) is 74.0 Å². The fourth-order valence-electron chi connectivity index (χ4n) is 3.10. The van der Waals surface area contributed by atoms with Crippen LogP contribution in [0.4, 0.5) is 5.69 Å². The predicted molar refractivity (Wildman–Crippen MR) is 93.9 cm³/mol. The van der Waals surface area contributed by atoms with Crippen molar-refractivity contribution in [3.63, 3.8) is 0 Å². The lowest BCUT2D eigenvalue weighted by molar-refractivity contribution is -0.142. The number of nitrogens with zero attached hydrogens (tertiary/aromatic N) is 2. The first kappa shape index (κ1) is 17.1. The number of amides is 1. The van der Waals surface area contributed by atoms with E-state index < -0.39 is 11.4 Å². The highest BCUT2D eigenvalue weighted by Gasteiger charge is 2.34. The number of carbonyl (C=O) groups excluding carboxylic acids is 1. The van der Waals surface area contributed by atoms with E-state index in [9.17, 15) is 14.7 Å². The number of carboxylic acids is 1. The number of carbonyl (C=O) groups is 2. The van der Waals surface area contributed by atoms with Crippen LogP contribution < -0.4 is 4.90 Å². The molecule has 0 saturated carbocycles. The van der Waals surface area contributed by atoms with Crippen LogP contribution in [0, 0.1) is 0 Å². The maximum absolute atomic E-state index is 12.4. The third-order valence-electron chi connectivity index (χ3n) is 4.75. The summed E-state index contributed by atoms with van der Waals surface area (Å²) >= 11 is 0. The quantitative estimate of drug-likeness (QED) is 0.924. The van der Waals surface area contributed by atoms with Gasteiger partial charge in [0.2, 0.25) is 0 Å². The number of para-hydroxylation sites is 1. The Hall–Kier alpha value is -2.76. The molecule has 25 heavy (non-hydrogen) atoms. The summed E-state index contributed by atoms with van der Waals surface area (Å²) in [6, 6.07) is 11.0. The largest absolute Gasteiger partial charge is 0.481 e. The number of rotatable bonds is 4. The van der Waals surface area contributed by atoms with Crippen LogP contribution in [0.5, 0.6) is 0 Å². The van der Waals surface area contributed by atoms with Gasteiger partial charge in [0, 0.05) is 31.9 Å². The lowest BCUT2D eigenvalue weighted by atomic mass is 9.83. The number of aliphatic carboxylic acids is 1. The second-order valence-corrected chi connectivity index (χ2v) is 6.70. The SMILES string of the molecule is CC(C)(C(=O)O)c1ccccc1N1CCN(C(=O)c2ccco2)CC1. The molecule has 6 nitrogen and oxygen atoms in total. The van der Waals surface area contributed by atoms with Gasteiger partial charge in [0.1, 0.15) is 0 Å². The van der Waals surface area contributed by atoms with Gasteiger partial charge in [-0.1, -0.05) is 18.2 Å². The van der Waals surface area contributed by atoms with Crippen molar-refractivity contribution in [3.8, 4) is 0 Å². The Bertz CT molecular complexity index is 759. The third kappa shape index (κ3) is 3.24. The Morgan fingerprint density at radius 3 is 2.32 bits per heavy atom. The van der Waals surface area contributed by atoms with Crippen molar-refractivity contribution in [3.05, 3.63) is 54.0 Å². The molecule has 0 unspecified atom stereocenters. The summed E-state index contributed by atoms with van der Waals surface area (Å²) in [4.78, 5) is 27.9. The van der Waals surface area contributed by atoms with E-state index in [2.05, 4.69) is 4.90 Å². The van der Waals surface area contributed by atoms with Crippen molar-refractivity contribution >= 4 is 17.6 Å². The molecule has 0 bridgehead atoms. The van der Waals surface area contributed by atoms with E-state index in [1.807, 2.05) is 24.3 Å². The minimum Gasteiger partial charge on any atom is -0.481 e. The van der Waals surface area contributed by atoms with E-state index in [-0.39, 0.29) is 5.91 Å². The molecule has 132 valence electrons. The molecule has 1 fully saturated rings. The molecule has 1 aliphatic rings. The number of hydrogen-bond acceptors (Lipinski definition) is 4. The monoisotopic (exact) mass is 342 g/mol. The average molecular weight is 342 g/mol. The highest BCUT2D eigenvalue weighted by Crippen LogP contribution is 2.33. The average Bonchev–Trinajstić information content (AvgIpc) is 3.16. The van der Waals surface area contributed by atoms with E-state index in [0.29, 0.717) is 31.9 Å². The van der Waals surface area contributed by atoms with Crippen LogP contribution in [0.15, 0.2) is 47.1 Å². The van der Waals surface area contributed by atoms with Crippen LogP contribution in [0.25, 0.3) is 0 Å². The van der Waals surface area contributed by atoms with Gasteiger partial charge in [-0.25, -0.2) is 0 Å². The van der Waals surface area contributed by atoms with Crippen molar-refractivity contribution in [2.24, 2.45) is 0 Å². The normalized spacial score (nSPS) is 15.3. The van der Waals surface area contributed by atoms with E-state index >= 15 is 0 Å². The van der Waals surface area contributed by atoms with Crippen LogP contribution in [0.3, 0.4) is 0 Å². The number of anilines is 1. The summed E-state index contributed by atoms with van der Waals surface area (Å²) in [5.41, 5.74) is 0.728. The minimum absolute atomic E-state index is 0.108. The standard InChI is InChI=1S/C19H22N2O4/c1-19(2,18(23)24)14-6-3-4-7-15(14)20-9-11-21(12-10-20)17(22)16-8-5-13-25-16/h3-8,13H,9-12H2,1-2H3,(H,23,24). The number of benzene rings is 1. The van der Waals surface area contributed by atoms with Crippen LogP contribution in [0.1, 0.15) is 30.0 Å². The lowest BCUT2D eigenvalue weighted by Crippen LogP contribution is -2.49. The third-order valence-corrected chi connectivity index (χ3v) is 4.75. The van der Waals surface area contributed by atoms with E-state index in [4.69, 9.17) is 4.42 Å². The molecule has 0 radical (unpaired) electrons. The predicted octanol–water partition coefficient (Wildman–Crippen LogP) is 2.60.